The molecule has 1 aliphatic heterocycles. The second-order valence-electron chi connectivity index (χ2n) is 7.55. The Balaban J connectivity index is 1.41. The Morgan fingerprint density at radius 3 is 2.93 bits per heavy atom. The number of hydrogen-bond donors (Lipinski definition) is 2. The summed E-state index contributed by atoms with van der Waals surface area (Å²) in [6, 6.07) is 6.26. The van der Waals surface area contributed by atoms with Crippen molar-refractivity contribution in [2.45, 2.75) is 51.0 Å². The molecule has 8 heteroatoms. The lowest BCUT2D eigenvalue weighted by molar-refractivity contribution is -0.133. The van der Waals surface area contributed by atoms with Gasteiger partial charge in [0, 0.05) is 25.4 Å². The molecule has 28 heavy (non-hydrogen) atoms. The molecule has 2 atom stereocenters. The molecule has 4 rings (SSSR count). The van der Waals surface area contributed by atoms with Crippen LogP contribution in [0.25, 0.3) is 0 Å². The molecular formula is C20H24FN5O2. The highest BCUT2D eigenvalue weighted by Crippen LogP contribution is 2.32. The average molecular weight is 385 g/mol. The molecular weight excluding hydrogens is 361 g/mol. The van der Waals surface area contributed by atoms with Crippen LogP contribution < -0.4 is 5.32 Å². The van der Waals surface area contributed by atoms with Crippen LogP contribution in [-0.4, -0.2) is 44.5 Å². The van der Waals surface area contributed by atoms with Gasteiger partial charge in [0.2, 0.25) is 17.8 Å². The molecule has 0 bridgehead atoms. The highest BCUT2D eigenvalue weighted by Gasteiger charge is 2.38. The summed E-state index contributed by atoms with van der Waals surface area (Å²) in [6.45, 7) is 0.742. The van der Waals surface area contributed by atoms with E-state index >= 15 is 0 Å². The molecule has 0 unspecified atom stereocenters. The fourth-order valence-electron chi connectivity index (χ4n) is 4.28. The zero-order valence-corrected chi connectivity index (χ0v) is 15.7. The number of halogens is 1. The van der Waals surface area contributed by atoms with E-state index in [1.807, 2.05) is 11.0 Å². The number of carbonyl (C=O) groups is 2. The molecule has 2 aromatic rings. The van der Waals surface area contributed by atoms with Gasteiger partial charge in [-0.1, -0.05) is 25.0 Å². The first kappa shape index (κ1) is 18.6. The summed E-state index contributed by atoms with van der Waals surface area (Å²) in [5, 5.41) is 9.65. The Hall–Kier alpha value is -2.77. The second kappa shape index (κ2) is 8.08. The Morgan fingerprint density at radius 1 is 1.29 bits per heavy atom. The van der Waals surface area contributed by atoms with Crippen LogP contribution in [0.5, 0.6) is 0 Å². The molecule has 1 aliphatic carbocycles. The van der Waals surface area contributed by atoms with Gasteiger partial charge in [-0.25, -0.2) is 4.39 Å². The van der Waals surface area contributed by atoms with Crippen LogP contribution in [0.1, 0.15) is 49.9 Å². The minimum atomic E-state index is -0.301. The monoisotopic (exact) mass is 385 g/mol. The van der Waals surface area contributed by atoms with Crippen LogP contribution in [0.15, 0.2) is 24.3 Å². The van der Waals surface area contributed by atoms with Gasteiger partial charge in [0.25, 0.3) is 0 Å². The van der Waals surface area contributed by atoms with E-state index in [0.717, 1.165) is 44.2 Å². The van der Waals surface area contributed by atoms with Crippen molar-refractivity contribution in [3.05, 3.63) is 41.5 Å². The number of aromatic amines is 1. The molecule has 2 N–H and O–H groups in total. The van der Waals surface area contributed by atoms with Gasteiger partial charge in [-0.2, -0.15) is 4.98 Å². The van der Waals surface area contributed by atoms with Crippen LogP contribution in [0.2, 0.25) is 0 Å². The number of rotatable bonds is 5. The molecule has 2 amide bonds. The highest BCUT2D eigenvalue weighted by atomic mass is 19.1. The maximum absolute atomic E-state index is 13.3. The summed E-state index contributed by atoms with van der Waals surface area (Å²) in [7, 11) is 0. The average Bonchev–Trinajstić information content (AvgIpc) is 3.30. The fourth-order valence-corrected chi connectivity index (χ4v) is 4.28. The second-order valence-corrected chi connectivity index (χ2v) is 7.55. The van der Waals surface area contributed by atoms with Crippen molar-refractivity contribution in [3.63, 3.8) is 0 Å². The van der Waals surface area contributed by atoms with Gasteiger partial charge in [-0.15, -0.1) is 5.10 Å². The molecule has 0 spiro atoms. The lowest BCUT2D eigenvalue weighted by Gasteiger charge is -2.36. The van der Waals surface area contributed by atoms with Gasteiger partial charge in [-0.3, -0.25) is 20.0 Å². The Kier molecular flexibility index (Phi) is 5.36. The normalized spacial score (nSPS) is 22.5. The van der Waals surface area contributed by atoms with Crippen molar-refractivity contribution < 1.29 is 14.0 Å². The van der Waals surface area contributed by atoms with Gasteiger partial charge < -0.3 is 4.90 Å². The summed E-state index contributed by atoms with van der Waals surface area (Å²) in [6.07, 6.45) is 5.49. The summed E-state index contributed by atoms with van der Waals surface area (Å²) in [5.74, 6) is 0.247. The van der Waals surface area contributed by atoms with Gasteiger partial charge in [0.15, 0.2) is 0 Å². The first-order chi connectivity index (χ1) is 13.6. The minimum absolute atomic E-state index is 0.0329. The Bertz CT molecular complexity index is 868. The lowest BCUT2D eigenvalue weighted by Crippen LogP contribution is -2.47. The number of hydrogen-bond acceptors (Lipinski definition) is 4. The third kappa shape index (κ3) is 4.05. The Labute approximate surface area is 162 Å². The van der Waals surface area contributed by atoms with Gasteiger partial charge in [-0.05, 0) is 37.0 Å². The number of amides is 2. The zero-order valence-electron chi connectivity index (χ0n) is 15.7. The number of carbonyl (C=O) groups excluding carboxylic acids is 2. The van der Waals surface area contributed by atoms with E-state index in [9.17, 15) is 14.0 Å². The molecule has 1 saturated heterocycles. The van der Waals surface area contributed by atoms with E-state index in [4.69, 9.17) is 0 Å². The van der Waals surface area contributed by atoms with Gasteiger partial charge in [0.1, 0.15) is 11.6 Å². The largest absolute Gasteiger partial charge is 0.339 e. The minimum Gasteiger partial charge on any atom is -0.339 e. The summed E-state index contributed by atoms with van der Waals surface area (Å²) in [5.41, 5.74) is 0.772. The van der Waals surface area contributed by atoms with Crippen LogP contribution >= 0.6 is 0 Å². The van der Waals surface area contributed by atoms with Crippen LogP contribution in [0, 0.1) is 11.7 Å². The predicted molar refractivity (Wildman–Crippen MR) is 101 cm³/mol. The molecule has 148 valence electrons. The zero-order chi connectivity index (χ0) is 19.5. The number of aromatic nitrogens is 3. The molecule has 2 fully saturated rings. The highest BCUT2D eigenvalue weighted by molar-refractivity contribution is 5.92. The van der Waals surface area contributed by atoms with E-state index in [0.29, 0.717) is 18.7 Å². The Morgan fingerprint density at radius 2 is 2.14 bits per heavy atom. The van der Waals surface area contributed by atoms with Gasteiger partial charge >= 0.3 is 0 Å². The van der Waals surface area contributed by atoms with Crippen molar-refractivity contribution in [1.82, 2.24) is 20.1 Å². The SMILES string of the molecule is O=C(Nc1n[nH]c(Cc2cccc(F)c2)n1)[C@@H]1CCCC[C@@H]1N1CCCC1=O. The standard InChI is InChI=1S/C20H24FN5O2/c21-14-6-3-5-13(11-14)12-17-22-20(25-24-17)23-19(28)15-7-1-2-8-16(15)26-10-4-9-18(26)27/h3,5-6,11,15-16H,1-2,4,7-10,12H2,(H2,22,23,24,25,28)/t15-,16+/m1/s1. The first-order valence-corrected chi connectivity index (χ1v) is 9.86. The maximum atomic E-state index is 13.3. The van der Waals surface area contributed by atoms with Crippen molar-refractivity contribution >= 4 is 17.8 Å². The summed E-state index contributed by atoms with van der Waals surface area (Å²) >= 11 is 0. The third-order valence-electron chi connectivity index (χ3n) is 5.60. The molecule has 1 aromatic carbocycles. The van der Waals surface area contributed by atoms with E-state index < -0.39 is 0 Å². The number of likely N-dealkylation sites (tertiary alicyclic amines) is 1. The van der Waals surface area contributed by atoms with E-state index in [1.165, 1.54) is 12.1 Å². The smallest absolute Gasteiger partial charge is 0.248 e. The first-order valence-electron chi connectivity index (χ1n) is 9.86. The van der Waals surface area contributed by atoms with Crippen LogP contribution in [0.3, 0.4) is 0 Å². The van der Waals surface area contributed by atoms with E-state index in [1.54, 1.807) is 6.07 Å². The maximum Gasteiger partial charge on any atom is 0.248 e. The third-order valence-corrected chi connectivity index (χ3v) is 5.60. The number of nitrogens with zero attached hydrogens (tertiary/aromatic N) is 3. The molecule has 0 radical (unpaired) electrons. The van der Waals surface area contributed by atoms with Gasteiger partial charge in [0.05, 0.1) is 5.92 Å². The molecule has 2 heterocycles. The summed E-state index contributed by atoms with van der Waals surface area (Å²) in [4.78, 5) is 31.2. The van der Waals surface area contributed by atoms with Crippen molar-refractivity contribution in [2.24, 2.45) is 5.92 Å². The molecule has 1 saturated carbocycles. The van der Waals surface area contributed by atoms with E-state index in [-0.39, 0.29) is 35.5 Å². The van der Waals surface area contributed by atoms with Crippen molar-refractivity contribution in [2.75, 3.05) is 11.9 Å². The molecule has 2 aliphatic rings. The molecule has 7 nitrogen and oxygen atoms in total. The fraction of sp³-hybridized carbons (Fsp3) is 0.500. The number of H-pyrrole nitrogens is 1. The van der Waals surface area contributed by atoms with Crippen molar-refractivity contribution in [3.8, 4) is 0 Å². The van der Waals surface area contributed by atoms with E-state index in [2.05, 4.69) is 20.5 Å². The van der Waals surface area contributed by atoms with Crippen molar-refractivity contribution in [1.29, 1.82) is 0 Å². The summed E-state index contributed by atoms with van der Waals surface area (Å²) < 4.78 is 13.3. The number of nitrogens with one attached hydrogen (secondary N) is 2. The molecule has 1 aromatic heterocycles. The van der Waals surface area contributed by atoms with Crippen LogP contribution in [-0.2, 0) is 16.0 Å². The quantitative estimate of drug-likeness (QED) is 0.828. The topological polar surface area (TPSA) is 91.0 Å². The predicted octanol–water partition coefficient (Wildman–Crippen LogP) is 2.65. The lowest BCUT2D eigenvalue weighted by atomic mass is 9.83. The number of benzene rings is 1. The van der Waals surface area contributed by atoms with Crippen LogP contribution in [0.4, 0.5) is 10.3 Å². The number of anilines is 1.